The molecule has 0 aliphatic rings. The molecular formula is C18H22NO4P. The van der Waals surface area contributed by atoms with E-state index in [1.165, 1.54) is 6.08 Å². The quantitative estimate of drug-likeness (QED) is 0.781. The molecule has 0 bridgehead atoms. The minimum atomic E-state index is -3.86. The molecule has 1 aromatic carbocycles. The third-order valence-electron chi connectivity index (χ3n) is 3.42. The van der Waals surface area contributed by atoms with Gasteiger partial charge >= 0.3 is 7.60 Å². The van der Waals surface area contributed by atoms with Gasteiger partial charge in [-0.2, -0.15) is 0 Å². The Morgan fingerprint density at radius 3 is 2.67 bits per heavy atom. The standard InChI is InChI=1S/C18H22NO4P/c1-18(2,3)16-11-15(6-7-17(16)20)13-23-24(21,22)10-8-14-5-4-9-19-12-14/h4-12,20H,13H2,1-3H3,(H,21,22)/b10-8-. The van der Waals surface area contributed by atoms with Crippen molar-refractivity contribution in [2.24, 2.45) is 0 Å². The predicted octanol–water partition coefficient (Wildman–Crippen LogP) is 4.46. The zero-order valence-electron chi connectivity index (χ0n) is 14.0. The number of pyridine rings is 1. The molecule has 0 saturated heterocycles. The van der Waals surface area contributed by atoms with E-state index in [1.54, 1.807) is 42.7 Å². The van der Waals surface area contributed by atoms with E-state index in [1.807, 2.05) is 20.8 Å². The van der Waals surface area contributed by atoms with E-state index in [9.17, 15) is 14.6 Å². The first kappa shape index (κ1) is 18.4. The number of nitrogens with zero attached hydrogens (tertiary/aromatic N) is 1. The first-order chi connectivity index (χ1) is 11.2. The molecule has 24 heavy (non-hydrogen) atoms. The van der Waals surface area contributed by atoms with E-state index in [0.717, 1.165) is 22.5 Å². The Bertz CT molecular complexity index is 766. The van der Waals surface area contributed by atoms with Crippen LogP contribution in [-0.2, 0) is 21.1 Å². The molecule has 0 aliphatic heterocycles. The lowest BCUT2D eigenvalue weighted by molar-refractivity contribution is 0.258. The van der Waals surface area contributed by atoms with Gasteiger partial charge in [-0.3, -0.25) is 9.55 Å². The van der Waals surface area contributed by atoms with Gasteiger partial charge in [-0.1, -0.05) is 32.9 Å². The Morgan fingerprint density at radius 2 is 2.04 bits per heavy atom. The van der Waals surface area contributed by atoms with Gasteiger partial charge in [0.05, 0.1) is 6.61 Å². The Morgan fingerprint density at radius 1 is 1.29 bits per heavy atom. The molecular weight excluding hydrogens is 325 g/mol. The van der Waals surface area contributed by atoms with Crippen molar-refractivity contribution in [2.45, 2.75) is 32.8 Å². The topological polar surface area (TPSA) is 79.7 Å². The summed E-state index contributed by atoms with van der Waals surface area (Å²) >= 11 is 0. The summed E-state index contributed by atoms with van der Waals surface area (Å²) in [5.41, 5.74) is 1.97. The zero-order chi connectivity index (χ0) is 17.8. The van der Waals surface area contributed by atoms with Crippen LogP contribution in [0, 0.1) is 0 Å². The summed E-state index contributed by atoms with van der Waals surface area (Å²) in [6.45, 7) is 5.94. The monoisotopic (exact) mass is 347 g/mol. The van der Waals surface area contributed by atoms with Crippen molar-refractivity contribution in [3.63, 3.8) is 0 Å². The molecule has 128 valence electrons. The molecule has 1 aromatic heterocycles. The van der Waals surface area contributed by atoms with Gasteiger partial charge in [-0.05, 0) is 46.4 Å². The van der Waals surface area contributed by atoms with Crippen LogP contribution in [0.25, 0.3) is 6.08 Å². The van der Waals surface area contributed by atoms with Gasteiger partial charge in [-0.15, -0.1) is 0 Å². The second-order valence-corrected chi connectivity index (χ2v) is 8.23. The van der Waals surface area contributed by atoms with Gasteiger partial charge in [0.1, 0.15) is 5.75 Å². The molecule has 6 heteroatoms. The van der Waals surface area contributed by atoms with Crippen LogP contribution >= 0.6 is 7.60 Å². The van der Waals surface area contributed by atoms with Crippen molar-refractivity contribution >= 4 is 13.7 Å². The zero-order valence-corrected chi connectivity index (χ0v) is 14.9. The fourth-order valence-corrected chi connectivity index (χ4v) is 2.92. The van der Waals surface area contributed by atoms with Crippen LogP contribution < -0.4 is 0 Å². The number of phenols is 1. The molecule has 0 amide bonds. The number of benzene rings is 1. The van der Waals surface area contributed by atoms with Crippen molar-refractivity contribution in [1.82, 2.24) is 4.98 Å². The molecule has 0 saturated carbocycles. The van der Waals surface area contributed by atoms with E-state index in [4.69, 9.17) is 4.52 Å². The van der Waals surface area contributed by atoms with Crippen LogP contribution in [-0.4, -0.2) is 15.0 Å². The first-order valence-electron chi connectivity index (χ1n) is 7.56. The number of hydrogen-bond acceptors (Lipinski definition) is 4. The molecule has 2 rings (SSSR count). The Hall–Kier alpha value is -1.94. The van der Waals surface area contributed by atoms with Crippen LogP contribution in [0.1, 0.15) is 37.5 Å². The number of aromatic nitrogens is 1. The van der Waals surface area contributed by atoms with E-state index >= 15 is 0 Å². The summed E-state index contributed by atoms with van der Waals surface area (Å²) in [7, 11) is -3.86. The molecule has 1 atom stereocenters. The Labute approximate surface area is 142 Å². The maximum atomic E-state index is 12.1. The third kappa shape index (κ3) is 5.31. The van der Waals surface area contributed by atoms with Crippen LogP contribution in [0.3, 0.4) is 0 Å². The lowest BCUT2D eigenvalue weighted by Gasteiger charge is -2.21. The van der Waals surface area contributed by atoms with Crippen LogP contribution in [0.4, 0.5) is 0 Å². The largest absolute Gasteiger partial charge is 0.508 e. The van der Waals surface area contributed by atoms with Gasteiger partial charge in [0.15, 0.2) is 0 Å². The van der Waals surface area contributed by atoms with Gasteiger partial charge in [-0.25, -0.2) is 0 Å². The summed E-state index contributed by atoms with van der Waals surface area (Å²) < 4.78 is 17.3. The summed E-state index contributed by atoms with van der Waals surface area (Å²) in [6.07, 6.45) is 4.72. The molecule has 0 radical (unpaired) electrons. The Balaban J connectivity index is 2.07. The fourth-order valence-electron chi connectivity index (χ4n) is 2.14. The molecule has 1 unspecified atom stereocenters. The predicted molar refractivity (Wildman–Crippen MR) is 94.7 cm³/mol. The van der Waals surface area contributed by atoms with Gasteiger partial charge in [0.25, 0.3) is 0 Å². The number of hydrogen-bond donors (Lipinski definition) is 2. The number of rotatable bonds is 5. The van der Waals surface area contributed by atoms with Crippen LogP contribution in [0.15, 0.2) is 48.5 Å². The SMILES string of the molecule is CC(C)(C)c1cc(COP(=O)(O)/C=C\c2cccnc2)ccc1O. The van der Waals surface area contributed by atoms with E-state index in [-0.39, 0.29) is 17.8 Å². The maximum absolute atomic E-state index is 12.1. The third-order valence-corrected chi connectivity index (χ3v) is 4.45. The molecule has 2 N–H and O–H groups in total. The summed E-state index contributed by atoms with van der Waals surface area (Å²) in [4.78, 5) is 13.8. The van der Waals surface area contributed by atoms with E-state index in [0.29, 0.717) is 0 Å². The highest BCUT2D eigenvalue weighted by Crippen LogP contribution is 2.45. The highest BCUT2D eigenvalue weighted by molar-refractivity contribution is 7.56. The summed E-state index contributed by atoms with van der Waals surface area (Å²) in [5.74, 6) is 1.35. The second kappa shape index (κ2) is 7.31. The maximum Gasteiger partial charge on any atom is 0.351 e. The fraction of sp³-hybridized carbons (Fsp3) is 0.278. The van der Waals surface area contributed by atoms with E-state index < -0.39 is 7.60 Å². The van der Waals surface area contributed by atoms with Crippen molar-refractivity contribution in [3.8, 4) is 5.75 Å². The molecule has 0 aliphatic carbocycles. The van der Waals surface area contributed by atoms with Crippen LogP contribution in [0.2, 0.25) is 0 Å². The van der Waals surface area contributed by atoms with Crippen molar-refractivity contribution in [2.75, 3.05) is 0 Å². The summed E-state index contributed by atoms with van der Waals surface area (Å²) in [5, 5.41) is 9.95. The Kier molecular flexibility index (Phi) is 5.60. The number of phenolic OH excluding ortho intramolecular Hbond substituents is 1. The van der Waals surface area contributed by atoms with Gasteiger partial charge < -0.3 is 14.5 Å². The van der Waals surface area contributed by atoms with Gasteiger partial charge in [0, 0.05) is 18.2 Å². The van der Waals surface area contributed by atoms with Crippen molar-refractivity contribution < 1.29 is 19.1 Å². The minimum Gasteiger partial charge on any atom is -0.508 e. The molecule has 2 aromatic rings. The van der Waals surface area contributed by atoms with Crippen molar-refractivity contribution in [3.05, 3.63) is 65.2 Å². The molecule has 0 fully saturated rings. The van der Waals surface area contributed by atoms with Crippen molar-refractivity contribution in [1.29, 1.82) is 0 Å². The molecule has 5 nitrogen and oxygen atoms in total. The van der Waals surface area contributed by atoms with E-state index in [2.05, 4.69) is 4.98 Å². The lowest BCUT2D eigenvalue weighted by Crippen LogP contribution is -2.11. The molecule has 1 heterocycles. The van der Waals surface area contributed by atoms with Gasteiger partial charge in [0.2, 0.25) is 0 Å². The highest BCUT2D eigenvalue weighted by Gasteiger charge is 2.20. The lowest BCUT2D eigenvalue weighted by atomic mass is 9.85. The summed E-state index contributed by atoms with van der Waals surface area (Å²) in [6, 6.07) is 8.56. The smallest absolute Gasteiger partial charge is 0.351 e. The number of aromatic hydroxyl groups is 1. The van der Waals surface area contributed by atoms with Crippen LogP contribution in [0.5, 0.6) is 5.75 Å². The highest BCUT2D eigenvalue weighted by atomic mass is 31.2. The second-order valence-electron chi connectivity index (χ2n) is 6.54. The average Bonchev–Trinajstić information content (AvgIpc) is 2.52. The minimum absolute atomic E-state index is 0.0193. The first-order valence-corrected chi connectivity index (χ1v) is 9.21. The average molecular weight is 347 g/mol. The normalized spacial score (nSPS) is 14.7. The molecule has 0 spiro atoms.